The molecule has 0 spiro atoms. The zero-order valence-corrected chi connectivity index (χ0v) is 11.9. The molecule has 2 rings (SSSR count). The molecule has 0 bridgehead atoms. The number of benzene rings is 1. The molecule has 5 heteroatoms. The summed E-state index contributed by atoms with van der Waals surface area (Å²) < 4.78 is 10.7. The number of ether oxygens (including phenoxy) is 2. The van der Waals surface area contributed by atoms with E-state index in [0.717, 1.165) is 11.1 Å². The van der Waals surface area contributed by atoms with E-state index in [1.165, 1.54) is 0 Å². The van der Waals surface area contributed by atoms with Gasteiger partial charge in [-0.1, -0.05) is 12.1 Å². The molecule has 3 nitrogen and oxygen atoms in total. The Hall–Kier alpha value is -1.23. The first-order chi connectivity index (χ1) is 8.27. The maximum Gasteiger partial charge on any atom is 0.165 e. The van der Waals surface area contributed by atoms with Crippen molar-refractivity contribution in [2.75, 3.05) is 14.2 Å². The first kappa shape index (κ1) is 14.8. The first-order valence-electron chi connectivity index (χ1n) is 5.26. The average Bonchev–Trinajstić information content (AvgIpc) is 2.90. The van der Waals surface area contributed by atoms with Gasteiger partial charge in [0, 0.05) is 5.56 Å². The van der Waals surface area contributed by atoms with Gasteiger partial charge in [-0.3, -0.25) is 0 Å². The molecular weight excluding hydrogens is 270 g/mol. The summed E-state index contributed by atoms with van der Waals surface area (Å²) in [6.07, 6.45) is 0. The molecule has 0 aliphatic carbocycles. The quantitative estimate of drug-likeness (QED) is 0.938. The van der Waals surface area contributed by atoms with Crippen LogP contribution in [0.1, 0.15) is 17.2 Å². The van der Waals surface area contributed by atoms with Crippen LogP contribution < -0.4 is 15.2 Å². The average molecular weight is 286 g/mol. The number of halogens is 1. The zero-order chi connectivity index (χ0) is 12.3. The highest BCUT2D eigenvalue weighted by atomic mass is 35.5. The lowest BCUT2D eigenvalue weighted by Gasteiger charge is -2.17. The van der Waals surface area contributed by atoms with Crippen LogP contribution in [0.5, 0.6) is 11.5 Å². The molecule has 0 aliphatic heterocycles. The molecule has 0 aliphatic rings. The summed E-state index contributed by atoms with van der Waals surface area (Å²) in [6.45, 7) is 0. The molecule has 0 amide bonds. The van der Waals surface area contributed by atoms with Crippen LogP contribution in [0.2, 0.25) is 0 Å². The van der Waals surface area contributed by atoms with Crippen molar-refractivity contribution >= 4 is 23.7 Å². The Kier molecular flexibility index (Phi) is 5.47. The van der Waals surface area contributed by atoms with Gasteiger partial charge in [-0.25, -0.2) is 0 Å². The molecule has 18 heavy (non-hydrogen) atoms. The second-order valence-electron chi connectivity index (χ2n) is 3.62. The van der Waals surface area contributed by atoms with Crippen molar-refractivity contribution in [2.24, 2.45) is 5.73 Å². The molecule has 0 saturated carbocycles. The van der Waals surface area contributed by atoms with Crippen LogP contribution in [0.25, 0.3) is 0 Å². The normalized spacial score (nSPS) is 11.5. The van der Waals surface area contributed by atoms with Crippen LogP contribution in [-0.2, 0) is 0 Å². The summed E-state index contributed by atoms with van der Waals surface area (Å²) in [5.41, 5.74) is 8.25. The van der Waals surface area contributed by atoms with Gasteiger partial charge in [-0.15, -0.1) is 12.4 Å². The Morgan fingerprint density at radius 2 is 1.94 bits per heavy atom. The van der Waals surface area contributed by atoms with E-state index in [4.69, 9.17) is 15.2 Å². The van der Waals surface area contributed by atoms with E-state index >= 15 is 0 Å². The molecule has 0 radical (unpaired) electrons. The fraction of sp³-hybridized carbons (Fsp3) is 0.231. The van der Waals surface area contributed by atoms with Crippen LogP contribution >= 0.6 is 23.7 Å². The topological polar surface area (TPSA) is 44.5 Å². The van der Waals surface area contributed by atoms with Gasteiger partial charge in [0.2, 0.25) is 0 Å². The van der Waals surface area contributed by atoms with E-state index < -0.39 is 0 Å². The van der Waals surface area contributed by atoms with Crippen molar-refractivity contribution in [3.63, 3.8) is 0 Å². The molecule has 0 unspecified atom stereocenters. The summed E-state index contributed by atoms with van der Waals surface area (Å²) in [7, 11) is 3.25. The van der Waals surface area contributed by atoms with Crippen LogP contribution in [0, 0.1) is 0 Å². The van der Waals surface area contributed by atoms with Crippen molar-refractivity contribution in [1.82, 2.24) is 0 Å². The minimum Gasteiger partial charge on any atom is -0.493 e. The van der Waals surface area contributed by atoms with Crippen molar-refractivity contribution in [2.45, 2.75) is 6.04 Å². The molecule has 1 atom stereocenters. The SMILES string of the molecule is COc1cccc([C@H](N)c2ccsc2)c1OC.Cl. The highest BCUT2D eigenvalue weighted by molar-refractivity contribution is 7.08. The summed E-state index contributed by atoms with van der Waals surface area (Å²) in [5.74, 6) is 1.41. The predicted molar refractivity (Wildman–Crippen MR) is 77.1 cm³/mol. The summed E-state index contributed by atoms with van der Waals surface area (Å²) in [5, 5.41) is 4.06. The fourth-order valence-corrected chi connectivity index (χ4v) is 2.48. The van der Waals surface area contributed by atoms with Crippen molar-refractivity contribution in [1.29, 1.82) is 0 Å². The van der Waals surface area contributed by atoms with Gasteiger partial charge in [0.1, 0.15) is 0 Å². The van der Waals surface area contributed by atoms with E-state index in [1.54, 1.807) is 25.6 Å². The predicted octanol–water partition coefficient (Wildman–Crippen LogP) is 3.24. The Balaban J connectivity index is 0.00000162. The highest BCUT2D eigenvalue weighted by Crippen LogP contribution is 2.36. The van der Waals surface area contributed by atoms with Gasteiger partial charge >= 0.3 is 0 Å². The molecule has 0 fully saturated rings. The van der Waals surface area contributed by atoms with Gasteiger partial charge in [-0.2, -0.15) is 11.3 Å². The van der Waals surface area contributed by atoms with Crippen molar-refractivity contribution < 1.29 is 9.47 Å². The number of rotatable bonds is 4. The number of hydrogen-bond donors (Lipinski definition) is 1. The molecule has 2 aromatic rings. The Labute approximate surface area is 117 Å². The smallest absolute Gasteiger partial charge is 0.165 e. The molecule has 1 aromatic heterocycles. The lowest BCUT2D eigenvalue weighted by Crippen LogP contribution is -2.12. The standard InChI is InChI=1S/C13H15NO2S.ClH/c1-15-11-5-3-4-10(13(11)16-2)12(14)9-6-7-17-8-9;/h3-8,12H,14H2,1-2H3;1H/t12-;/m1./s1. The monoisotopic (exact) mass is 285 g/mol. The summed E-state index contributed by atoms with van der Waals surface area (Å²) >= 11 is 1.63. The zero-order valence-electron chi connectivity index (χ0n) is 10.3. The third-order valence-corrected chi connectivity index (χ3v) is 3.37. The van der Waals surface area contributed by atoms with E-state index in [0.29, 0.717) is 11.5 Å². The number of para-hydroxylation sites is 1. The first-order valence-corrected chi connectivity index (χ1v) is 6.20. The highest BCUT2D eigenvalue weighted by Gasteiger charge is 2.17. The lowest BCUT2D eigenvalue weighted by atomic mass is 10.0. The summed E-state index contributed by atoms with van der Waals surface area (Å²) in [6, 6.07) is 7.58. The van der Waals surface area contributed by atoms with Gasteiger partial charge in [0.25, 0.3) is 0 Å². The summed E-state index contributed by atoms with van der Waals surface area (Å²) in [4.78, 5) is 0. The van der Waals surface area contributed by atoms with Gasteiger partial charge < -0.3 is 15.2 Å². The van der Waals surface area contributed by atoms with E-state index in [-0.39, 0.29) is 18.4 Å². The third-order valence-electron chi connectivity index (χ3n) is 2.67. The third kappa shape index (κ3) is 2.77. The number of nitrogens with two attached hydrogens (primary N) is 1. The molecular formula is C13H16ClNO2S. The largest absolute Gasteiger partial charge is 0.493 e. The van der Waals surface area contributed by atoms with Crippen LogP contribution in [-0.4, -0.2) is 14.2 Å². The van der Waals surface area contributed by atoms with Gasteiger partial charge in [0.05, 0.1) is 20.3 Å². The van der Waals surface area contributed by atoms with Gasteiger partial charge in [-0.05, 0) is 28.5 Å². The van der Waals surface area contributed by atoms with Crippen LogP contribution in [0.4, 0.5) is 0 Å². The maximum atomic E-state index is 6.23. The molecule has 98 valence electrons. The molecule has 0 saturated heterocycles. The molecule has 1 aromatic carbocycles. The Morgan fingerprint density at radius 3 is 2.50 bits per heavy atom. The fourth-order valence-electron chi connectivity index (χ4n) is 1.79. The minimum atomic E-state index is -0.189. The number of thiophene rings is 1. The number of methoxy groups -OCH3 is 2. The molecule has 2 N–H and O–H groups in total. The Morgan fingerprint density at radius 1 is 1.17 bits per heavy atom. The van der Waals surface area contributed by atoms with Gasteiger partial charge in [0.15, 0.2) is 11.5 Å². The second kappa shape index (κ2) is 6.64. The van der Waals surface area contributed by atoms with Crippen LogP contribution in [0.15, 0.2) is 35.0 Å². The number of hydrogen-bond acceptors (Lipinski definition) is 4. The van der Waals surface area contributed by atoms with Crippen molar-refractivity contribution in [3.8, 4) is 11.5 Å². The van der Waals surface area contributed by atoms with Crippen LogP contribution in [0.3, 0.4) is 0 Å². The Bertz CT molecular complexity index is 488. The van der Waals surface area contributed by atoms with E-state index in [2.05, 4.69) is 0 Å². The van der Waals surface area contributed by atoms with E-state index in [9.17, 15) is 0 Å². The lowest BCUT2D eigenvalue weighted by molar-refractivity contribution is 0.350. The molecule has 1 heterocycles. The minimum absolute atomic E-state index is 0. The second-order valence-corrected chi connectivity index (χ2v) is 4.40. The van der Waals surface area contributed by atoms with Crippen molar-refractivity contribution in [3.05, 3.63) is 46.2 Å². The maximum absolute atomic E-state index is 6.23. The van der Waals surface area contributed by atoms with E-state index in [1.807, 2.05) is 35.0 Å².